The van der Waals surface area contributed by atoms with Crippen molar-refractivity contribution >= 4 is 11.6 Å². The van der Waals surface area contributed by atoms with Crippen LogP contribution in [0.1, 0.15) is 51.8 Å². The highest BCUT2D eigenvalue weighted by atomic mass is 35.5. The number of rotatable bonds is 10. The number of nitrogens with zero attached hydrogens (tertiary/aromatic N) is 5. The molecule has 4 rings (SSSR count). The molecule has 35 heavy (non-hydrogen) atoms. The van der Waals surface area contributed by atoms with Crippen LogP contribution in [0.4, 0.5) is 0 Å². The van der Waals surface area contributed by atoms with Gasteiger partial charge in [-0.15, -0.1) is 5.10 Å². The van der Waals surface area contributed by atoms with Crippen molar-refractivity contribution in [2.24, 2.45) is 11.8 Å². The number of imidazole rings is 1. The molecule has 0 bridgehead atoms. The van der Waals surface area contributed by atoms with Crippen LogP contribution in [0, 0.1) is 11.8 Å². The third-order valence-electron chi connectivity index (χ3n) is 6.26. The summed E-state index contributed by atoms with van der Waals surface area (Å²) in [4.78, 5) is 13.5. The van der Waals surface area contributed by atoms with Crippen LogP contribution in [0.3, 0.4) is 0 Å². The maximum Gasteiger partial charge on any atom is 0.329 e. The summed E-state index contributed by atoms with van der Waals surface area (Å²) in [6.07, 6.45) is 2.64. The summed E-state index contributed by atoms with van der Waals surface area (Å²) >= 11 is 6.80. The zero-order valence-corrected chi connectivity index (χ0v) is 21.6. The molecular weight excluding hydrogens is 460 g/mol. The molecule has 4 aromatic rings. The predicted molar refractivity (Wildman–Crippen MR) is 140 cm³/mol. The first-order chi connectivity index (χ1) is 16.8. The maximum absolute atomic E-state index is 13.5. The van der Waals surface area contributed by atoms with Gasteiger partial charge < -0.3 is 0 Å². The standard InChI is InChI=1S/C27H33ClN6O/c1-18(2)10-13-24-25(28)33(15-14-19(3)4)27(35)34(24)17-20-11-12-22(21-8-6-5-7-9-21)23(16-20)26-29-31-32-30-26/h5-9,11-12,16,18-19H,10,13-15,17H2,1-4H3,(H,29,30,31,32). The smallest absolute Gasteiger partial charge is 0.290 e. The molecule has 0 aliphatic rings. The molecule has 184 valence electrons. The Morgan fingerprint density at radius 3 is 2.34 bits per heavy atom. The van der Waals surface area contributed by atoms with Crippen LogP contribution in [0.2, 0.25) is 5.15 Å². The van der Waals surface area contributed by atoms with Crippen LogP contribution < -0.4 is 5.69 Å². The van der Waals surface area contributed by atoms with E-state index < -0.39 is 0 Å². The average Bonchev–Trinajstić information content (AvgIpc) is 3.45. The second-order valence-corrected chi connectivity index (χ2v) is 10.2. The fourth-order valence-electron chi connectivity index (χ4n) is 4.23. The molecule has 1 N–H and O–H groups in total. The number of aromatic amines is 1. The van der Waals surface area contributed by atoms with Crippen molar-refractivity contribution in [1.82, 2.24) is 29.8 Å². The lowest BCUT2D eigenvalue weighted by Gasteiger charge is -2.13. The quantitative estimate of drug-likeness (QED) is 0.302. The highest BCUT2D eigenvalue weighted by Crippen LogP contribution is 2.31. The van der Waals surface area contributed by atoms with Crippen molar-refractivity contribution in [2.75, 3.05) is 0 Å². The SMILES string of the molecule is CC(C)CCc1c(Cl)n(CCC(C)C)c(=O)n1Cc1ccc(-c2ccccc2)c(-c2nnn[nH]2)c1. The second kappa shape index (κ2) is 11.0. The van der Waals surface area contributed by atoms with Gasteiger partial charge in [0.25, 0.3) is 0 Å². The molecule has 2 aromatic heterocycles. The van der Waals surface area contributed by atoms with Gasteiger partial charge in [0, 0.05) is 12.1 Å². The molecule has 0 spiro atoms. The zero-order chi connectivity index (χ0) is 24.9. The van der Waals surface area contributed by atoms with Crippen LogP contribution in [-0.2, 0) is 19.5 Å². The number of benzene rings is 2. The molecule has 0 aliphatic heterocycles. The van der Waals surface area contributed by atoms with E-state index in [0.717, 1.165) is 47.2 Å². The first-order valence-electron chi connectivity index (χ1n) is 12.2. The molecule has 7 nitrogen and oxygen atoms in total. The average molecular weight is 493 g/mol. The van der Waals surface area contributed by atoms with Crippen LogP contribution in [0.5, 0.6) is 0 Å². The third-order valence-corrected chi connectivity index (χ3v) is 6.68. The highest BCUT2D eigenvalue weighted by molar-refractivity contribution is 6.30. The van der Waals surface area contributed by atoms with E-state index in [1.54, 1.807) is 4.57 Å². The molecule has 0 aliphatic carbocycles. The molecule has 2 heterocycles. The number of aromatic nitrogens is 6. The number of hydrogen-bond donors (Lipinski definition) is 1. The summed E-state index contributed by atoms with van der Waals surface area (Å²) in [6.45, 7) is 9.75. The van der Waals surface area contributed by atoms with E-state index in [9.17, 15) is 4.79 Å². The molecule has 8 heteroatoms. The fraction of sp³-hybridized carbons (Fsp3) is 0.407. The van der Waals surface area contributed by atoms with Gasteiger partial charge in [0.15, 0.2) is 5.82 Å². The molecular formula is C27H33ClN6O. The number of tetrazole rings is 1. The minimum absolute atomic E-state index is 0.0515. The topological polar surface area (TPSA) is 81.4 Å². The normalized spacial score (nSPS) is 11.6. The van der Waals surface area contributed by atoms with E-state index in [0.29, 0.717) is 35.9 Å². The van der Waals surface area contributed by atoms with Gasteiger partial charge >= 0.3 is 5.69 Å². The van der Waals surface area contributed by atoms with Crippen LogP contribution in [-0.4, -0.2) is 29.8 Å². The van der Waals surface area contributed by atoms with Crippen molar-refractivity contribution in [3.8, 4) is 22.5 Å². The number of H-pyrrole nitrogens is 1. The summed E-state index contributed by atoms with van der Waals surface area (Å²) in [5.74, 6) is 1.60. The molecule has 0 amide bonds. The van der Waals surface area contributed by atoms with E-state index in [1.165, 1.54) is 0 Å². The molecule has 0 saturated carbocycles. The Morgan fingerprint density at radius 1 is 0.943 bits per heavy atom. The Morgan fingerprint density at radius 2 is 1.69 bits per heavy atom. The van der Waals surface area contributed by atoms with Crippen molar-refractivity contribution in [3.63, 3.8) is 0 Å². The van der Waals surface area contributed by atoms with Crippen LogP contribution in [0.25, 0.3) is 22.5 Å². The van der Waals surface area contributed by atoms with Gasteiger partial charge in [-0.3, -0.25) is 9.13 Å². The van der Waals surface area contributed by atoms with Gasteiger partial charge in [-0.1, -0.05) is 81.8 Å². The van der Waals surface area contributed by atoms with Gasteiger partial charge in [0.05, 0.1) is 12.2 Å². The first kappa shape index (κ1) is 24.9. The second-order valence-electron chi connectivity index (χ2n) is 9.87. The lowest BCUT2D eigenvalue weighted by Crippen LogP contribution is -2.26. The molecule has 0 atom stereocenters. The summed E-state index contributed by atoms with van der Waals surface area (Å²) in [7, 11) is 0. The minimum Gasteiger partial charge on any atom is -0.290 e. The molecule has 0 radical (unpaired) electrons. The Kier molecular flexibility index (Phi) is 7.86. The van der Waals surface area contributed by atoms with Crippen molar-refractivity contribution in [3.05, 3.63) is 75.4 Å². The van der Waals surface area contributed by atoms with Crippen LogP contribution >= 0.6 is 11.6 Å². The summed E-state index contributed by atoms with van der Waals surface area (Å²) in [6, 6.07) is 16.3. The highest BCUT2D eigenvalue weighted by Gasteiger charge is 2.20. The summed E-state index contributed by atoms with van der Waals surface area (Å²) in [5.41, 5.74) is 4.83. The van der Waals surface area contributed by atoms with Gasteiger partial charge in [-0.25, -0.2) is 9.89 Å². The first-order valence-corrected chi connectivity index (χ1v) is 12.6. The van der Waals surface area contributed by atoms with E-state index >= 15 is 0 Å². The molecule has 0 fully saturated rings. The molecule has 2 aromatic carbocycles. The Bertz CT molecular complexity index is 1310. The largest absolute Gasteiger partial charge is 0.329 e. The van der Waals surface area contributed by atoms with E-state index in [1.807, 2.05) is 22.8 Å². The molecule has 0 unspecified atom stereocenters. The van der Waals surface area contributed by atoms with Crippen molar-refractivity contribution < 1.29 is 0 Å². The Hall–Kier alpha value is -3.19. The third kappa shape index (κ3) is 5.73. The Labute approximate surface area is 211 Å². The maximum atomic E-state index is 13.5. The van der Waals surface area contributed by atoms with Gasteiger partial charge in [0.1, 0.15) is 5.15 Å². The monoisotopic (exact) mass is 492 g/mol. The number of halogens is 1. The summed E-state index contributed by atoms with van der Waals surface area (Å²) < 4.78 is 3.57. The Balaban J connectivity index is 1.76. The molecule has 0 saturated heterocycles. The van der Waals surface area contributed by atoms with E-state index in [-0.39, 0.29) is 5.69 Å². The van der Waals surface area contributed by atoms with Gasteiger partial charge in [-0.05, 0) is 64.3 Å². The zero-order valence-electron chi connectivity index (χ0n) is 20.8. The van der Waals surface area contributed by atoms with E-state index in [4.69, 9.17) is 11.6 Å². The lowest BCUT2D eigenvalue weighted by molar-refractivity contribution is 0.503. The van der Waals surface area contributed by atoms with Crippen molar-refractivity contribution in [2.45, 2.75) is 60.0 Å². The van der Waals surface area contributed by atoms with E-state index in [2.05, 4.69) is 78.7 Å². The summed E-state index contributed by atoms with van der Waals surface area (Å²) in [5, 5.41) is 15.1. The van der Waals surface area contributed by atoms with Crippen molar-refractivity contribution in [1.29, 1.82) is 0 Å². The minimum atomic E-state index is -0.0515. The van der Waals surface area contributed by atoms with Gasteiger partial charge in [0.2, 0.25) is 0 Å². The predicted octanol–water partition coefficient (Wildman–Crippen LogP) is 5.83. The number of hydrogen-bond acceptors (Lipinski definition) is 4. The lowest BCUT2D eigenvalue weighted by atomic mass is 9.97. The fourth-order valence-corrected chi connectivity index (χ4v) is 4.58. The van der Waals surface area contributed by atoms with Crippen LogP contribution in [0.15, 0.2) is 53.3 Å². The van der Waals surface area contributed by atoms with Gasteiger partial charge in [-0.2, -0.15) is 0 Å². The number of nitrogens with one attached hydrogen (secondary N) is 1.